The van der Waals surface area contributed by atoms with Crippen molar-refractivity contribution in [1.29, 1.82) is 0 Å². The van der Waals surface area contributed by atoms with Crippen LogP contribution >= 0.6 is 0 Å². The Morgan fingerprint density at radius 3 is 2.10 bits per heavy atom. The zero-order valence-corrected chi connectivity index (χ0v) is 13.4. The summed E-state index contributed by atoms with van der Waals surface area (Å²) in [7, 11) is 3.99. The Balaban J connectivity index is 4.59. The molecular formula is C14H29N3O3. The summed E-state index contributed by atoms with van der Waals surface area (Å²) in [4.78, 5) is 28.5. The van der Waals surface area contributed by atoms with E-state index in [1.54, 1.807) is 4.90 Å². The summed E-state index contributed by atoms with van der Waals surface area (Å²) in [6, 6.07) is -0.178. The molecule has 0 aliphatic carbocycles. The average molecular weight is 287 g/mol. The Morgan fingerprint density at radius 2 is 1.70 bits per heavy atom. The zero-order valence-electron chi connectivity index (χ0n) is 13.4. The fraction of sp³-hybridized carbons (Fsp3) is 0.857. The second-order valence-corrected chi connectivity index (χ2v) is 5.69. The maximum Gasteiger partial charge on any atom is 0.323 e. The number of amides is 2. The van der Waals surface area contributed by atoms with Crippen molar-refractivity contribution >= 4 is 12.0 Å². The maximum atomic E-state index is 12.4. The first-order valence-electron chi connectivity index (χ1n) is 7.18. The van der Waals surface area contributed by atoms with Crippen LogP contribution in [-0.4, -0.2) is 78.6 Å². The van der Waals surface area contributed by atoms with Gasteiger partial charge in [0.05, 0.1) is 0 Å². The molecule has 6 nitrogen and oxygen atoms in total. The van der Waals surface area contributed by atoms with E-state index in [1.807, 2.05) is 34.9 Å². The zero-order chi connectivity index (χ0) is 15.7. The van der Waals surface area contributed by atoms with Crippen LogP contribution in [0.3, 0.4) is 0 Å². The Bertz CT molecular complexity index is 306. The highest BCUT2D eigenvalue weighted by Crippen LogP contribution is 2.05. The molecule has 2 amide bonds. The summed E-state index contributed by atoms with van der Waals surface area (Å²) in [5, 5.41) is 8.93. The second kappa shape index (κ2) is 9.58. The molecule has 0 aromatic carbocycles. The number of hydrogen-bond acceptors (Lipinski definition) is 3. The van der Waals surface area contributed by atoms with Crippen molar-refractivity contribution in [2.24, 2.45) is 5.92 Å². The maximum absolute atomic E-state index is 12.4. The topological polar surface area (TPSA) is 64.1 Å². The van der Waals surface area contributed by atoms with E-state index < -0.39 is 5.97 Å². The number of carbonyl (C=O) groups is 2. The van der Waals surface area contributed by atoms with E-state index >= 15 is 0 Å². The number of aliphatic carboxylic acids is 1. The quantitative estimate of drug-likeness (QED) is 0.696. The molecular weight excluding hydrogens is 258 g/mol. The molecule has 0 aliphatic rings. The van der Waals surface area contributed by atoms with E-state index in [4.69, 9.17) is 5.11 Å². The van der Waals surface area contributed by atoms with Gasteiger partial charge in [0.15, 0.2) is 0 Å². The van der Waals surface area contributed by atoms with Gasteiger partial charge >= 0.3 is 12.0 Å². The first-order chi connectivity index (χ1) is 9.27. The third-order valence-corrected chi connectivity index (χ3v) is 2.87. The lowest BCUT2D eigenvalue weighted by Gasteiger charge is -2.30. The number of nitrogens with zero attached hydrogens (tertiary/aromatic N) is 3. The number of carbonyl (C=O) groups excluding carboxylic acids is 1. The van der Waals surface area contributed by atoms with Crippen LogP contribution in [0.4, 0.5) is 4.79 Å². The lowest BCUT2D eigenvalue weighted by Crippen LogP contribution is -2.47. The van der Waals surface area contributed by atoms with E-state index in [1.165, 1.54) is 4.90 Å². The van der Waals surface area contributed by atoms with Crippen molar-refractivity contribution in [1.82, 2.24) is 14.7 Å². The molecule has 0 spiro atoms. The van der Waals surface area contributed by atoms with Crippen LogP contribution < -0.4 is 0 Å². The van der Waals surface area contributed by atoms with Gasteiger partial charge in [-0.1, -0.05) is 13.8 Å². The van der Waals surface area contributed by atoms with Gasteiger partial charge in [0.1, 0.15) is 6.54 Å². The van der Waals surface area contributed by atoms with E-state index in [0.29, 0.717) is 19.6 Å². The molecule has 0 heterocycles. The van der Waals surface area contributed by atoms with Gasteiger partial charge in [-0.2, -0.15) is 0 Å². The van der Waals surface area contributed by atoms with Gasteiger partial charge in [-0.25, -0.2) is 4.79 Å². The largest absolute Gasteiger partial charge is 0.480 e. The smallest absolute Gasteiger partial charge is 0.323 e. The molecule has 0 aliphatic heterocycles. The van der Waals surface area contributed by atoms with Crippen molar-refractivity contribution in [3.05, 3.63) is 0 Å². The number of urea groups is 1. The molecule has 6 heteroatoms. The number of rotatable bonds is 9. The van der Waals surface area contributed by atoms with Gasteiger partial charge in [-0.05, 0) is 39.9 Å². The van der Waals surface area contributed by atoms with Crippen LogP contribution in [0.15, 0.2) is 0 Å². The standard InChI is InChI=1S/C14H29N3O3/c1-6-16(9-7-8-15(4)5)14(20)17(10-12(2)3)11-13(18)19/h12H,6-11H2,1-5H3,(H,18,19). The van der Waals surface area contributed by atoms with Gasteiger partial charge in [0.2, 0.25) is 0 Å². The predicted molar refractivity (Wildman–Crippen MR) is 79.9 cm³/mol. The molecule has 0 atom stereocenters. The third kappa shape index (κ3) is 7.99. The van der Waals surface area contributed by atoms with E-state index in [-0.39, 0.29) is 18.5 Å². The van der Waals surface area contributed by atoms with Crippen molar-refractivity contribution in [2.45, 2.75) is 27.2 Å². The van der Waals surface area contributed by atoms with Crippen LogP contribution in [-0.2, 0) is 4.79 Å². The van der Waals surface area contributed by atoms with Gasteiger partial charge in [-0.3, -0.25) is 4.79 Å². The highest BCUT2D eigenvalue weighted by atomic mass is 16.4. The minimum atomic E-state index is -0.969. The Labute approximate surface area is 122 Å². The van der Waals surface area contributed by atoms with E-state index in [9.17, 15) is 9.59 Å². The van der Waals surface area contributed by atoms with Crippen molar-refractivity contribution in [2.75, 3.05) is 46.8 Å². The van der Waals surface area contributed by atoms with Crippen LogP contribution in [0.5, 0.6) is 0 Å². The van der Waals surface area contributed by atoms with Crippen molar-refractivity contribution in [3.63, 3.8) is 0 Å². The first kappa shape index (κ1) is 18.7. The van der Waals surface area contributed by atoms with E-state index in [0.717, 1.165) is 13.0 Å². The normalized spacial score (nSPS) is 10.9. The number of carboxylic acids is 1. The average Bonchev–Trinajstić information content (AvgIpc) is 2.31. The molecule has 0 unspecified atom stereocenters. The van der Waals surface area contributed by atoms with Gasteiger partial charge in [-0.15, -0.1) is 0 Å². The highest BCUT2D eigenvalue weighted by molar-refractivity contribution is 5.80. The molecule has 0 rings (SSSR count). The minimum absolute atomic E-state index is 0.178. The summed E-state index contributed by atoms with van der Waals surface area (Å²) in [5.41, 5.74) is 0. The van der Waals surface area contributed by atoms with Crippen molar-refractivity contribution in [3.8, 4) is 0 Å². The highest BCUT2D eigenvalue weighted by Gasteiger charge is 2.22. The molecule has 20 heavy (non-hydrogen) atoms. The van der Waals surface area contributed by atoms with Crippen LogP contribution in [0.1, 0.15) is 27.2 Å². The number of carboxylic acid groups (broad SMARTS) is 1. The number of hydrogen-bond donors (Lipinski definition) is 1. The lowest BCUT2D eigenvalue weighted by molar-refractivity contribution is -0.137. The van der Waals surface area contributed by atoms with E-state index in [2.05, 4.69) is 4.90 Å². The Morgan fingerprint density at radius 1 is 1.10 bits per heavy atom. The van der Waals surface area contributed by atoms with Crippen LogP contribution in [0.2, 0.25) is 0 Å². The molecule has 1 N–H and O–H groups in total. The molecule has 0 saturated carbocycles. The Hall–Kier alpha value is -1.30. The predicted octanol–water partition coefficient (Wildman–Crippen LogP) is 1.42. The van der Waals surface area contributed by atoms with Gasteiger partial charge in [0, 0.05) is 19.6 Å². The molecule has 0 saturated heterocycles. The summed E-state index contributed by atoms with van der Waals surface area (Å²) in [6.07, 6.45) is 0.884. The van der Waals surface area contributed by atoms with Crippen LogP contribution in [0.25, 0.3) is 0 Å². The second-order valence-electron chi connectivity index (χ2n) is 5.69. The Kier molecular flexibility index (Phi) is 8.96. The minimum Gasteiger partial charge on any atom is -0.480 e. The fourth-order valence-corrected chi connectivity index (χ4v) is 1.98. The molecule has 0 aromatic heterocycles. The SMILES string of the molecule is CCN(CCCN(C)C)C(=O)N(CC(=O)O)CC(C)C. The molecule has 0 radical (unpaired) electrons. The van der Waals surface area contributed by atoms with Crippen molar-refractivity contribution < 1.29 is 14.7 Å². The fourth-order valence-electron chi connectivity index (χ4n) is 1.98. The lowest BCUT2D eigenvalue weighted by atomic mass is 10.2. The molecule has 118 valence electrons. The monoisotopic (exact) mass is 287 g/mol. The summed E-state index contributed by atoms with van der Waals surface area (Å²) < 4.78 is 0. The van der Waals surface area contributed by atoms with Gasteiger partial charge < -0.3 is 19.8 Å². The summed E-state index contributed by atoms with van der Waals surface area (Å²) in [5.74, 6) is -0.720. The van der Waals surface area contributed by atoms with Gasteiger partial charge in [0.25, 0.3) is 0 Å². The van der Waals surface area contributed by atoms with Crippen LogP contribution in [0, 0.1) is 5.92 Å². The summed E-state index contributed by atoms with van der Waals surface area (Å²) in [6.45, 7) is 8.27. The summed E-state index contributed by atoms with van der Waals surface area (Å²) >= 11 is 0. The molecule has 0 fully saturated rings. The first-order valence-corrected chi connectivity index (χ1v) is 7.18. The molecule has 0 bridgehead atoms. The molecule has 0 aromatic rings. The third-order valence-electron chi connectivity index (χ3n) is 2.87.